The van der Waals surface area contributed by atoms with Crippen LogP contribution in [0.25, 0.3) is 0 Å². The number of methoxy groups -OCH3 is 1. The van der Waals surface area contributed by atoms with Crippen LogP contribution in [0, 0.1) is 0 Å². The summed E-state index contributed by atoms with van der Waals surface area (Å²) < 4.78 is 33.2. The molecule has 0 aliphatic carbocycles. The lowest BCUT2D eigenvalue weighted by Gasteiger charge is -2.15. The highest BCUT2D eigenvalue weighted by Crippen LogP contribution is 2.24. The summed E-state index contributed by atoms with van der Waals surface area (Å²) in [6, 6.07) is 10.2. The molecular weight excluding hydrogens is 396 g/mol. The Hall–Kier alpha value is -2.62. The van der Waals surface area contributed by atoms with Gasteiger partial charge in [0.25, 0.3) is 5.91 Å². The lowest BCUT2D eigenvalue weighted by atomic mass is 10.2. The van der Waals surface area contributed by atoms with E-state index in [9.17, 15) is 18.0 Å². The van der Waals surface area contributed by atoms with E-state index >= 15 is 0 Å². The standard InChI is InChI=1S/C17H17ClN2O6S/c1-10(16(21)20-13-5-3-4-6-14(13)25-2)26-17(22)11-7-8-12(18)15(9-11)27(19,23)24/h3-10H,1-2H3,(H,20,21)(H2,19,23,24). The molecule has 1 amide bonds. The Morgan fingerprint density at radius 1 is 1.19 bits per heavy atom. The summed E-state index contributed by atoms with van der Waals surface area (Å²) in [5, 5.41) is 7.51. The van der Waals surface area contributed by atoms with Crippen molar-refractivity contribution in [2.75, 3.05) is 12.4 Å². The molecule has 2 aromatic rings. The number of hydrogen-bond donors (Lipinski definition) is 2. The minimum atomic E-state index is -4.12. The summed E-state index contributed by atoms with van der Waals surface area (Å²) in [6.45, 7) is 1.37. The topological polar surface area (TPSA) is 125 Å². The molecule has 0 aromatic heterocycles. The second kappa shape index (κ2) is 8.38. The summed E-state index contributed by atoms with van der Waals surface area (Å²) in [6.07, 6.45) is -1.16. The highest BCUT2D eigenvalue weighted by atomic mass is 35.5. The van der Waals surface area contributed by atoms with Gasteiger partial charge in [-0.15, -0.1) is 0 Å². The fourth-order valence-electron chi connectivity index (χ4n) is 2.11. The summed E-state index contributed by atoms with van der Waals surface area (Å²) >= 11 is 5.77. The molecule has 1 unspecified atom stereocenters. The molecule has 0 saturated carbocycles. The van der Waals surface area contributed by atoms with Crippen LogP contribution in [0.15, 0.2) is 47.4 Å². The van der Waals surface area contributed by atoms with Crippen molar-refractivity contribution in [2.24, 2.45) is 5.14 Å². The zero-order valence-corrected chi connectivity index (χ0v) is 16.0. The molecule has 27 heavy (non-hydrogen) atoms. The van der Waals surface area contributed by atoms with Crippen molar-refractivity contribution in [1.29, 1.82) is 0 Å². The molecule has 3 N–H and O–H groups in total. The molecule has 0 aliphatic rings. The largest absolute Gasteiger partial charge is 0.495 e. The number of anilines is 1. The van der Waals surface area contributed by atoms with Crippen molar-refractivity contribution in [1.82, 2.24) is 0 Å². The number of carbonyl (C=O) groups excluding carboxylic acids is 2. The highest BCUT2D eigenvalue weighted by molar-refractivity contribution is 7.89. The third-order valence-corrected chi connectivity index (χ3v) is 4.88. The van der Waals surface area contributed by atoms with Gasteiger partial charge in [0.1, 0.15) is 10.6 Å². The molecule has 0 bridgehead atoms. The average Bonchev–Trinajstić information content (AvgIpc) is 2.61. The van der Waals surface area contributed by atoms with E-state index in [4.69, 9.17) is 26.2 Å². The van der Waals surface area contributed by atoms with Crippen molar-refractivity contribution in [3.63, 3.8) is 0 Å². The van der Waals surface area contributed by atoms with E-state index in [1.165, 1.54) is 26.2 Å². The predicted molar refractivity (Wildman–Crippen MR) is 99.3 cm³/mol. The number of para-hydroxylation sites is 2. The van der Waals surface area contributed by atoms with Crippen LogP contribution in [0.3, 0.4) is 0 Å². The molecule has 0 fully saturated rings. The van der Waals surface area contributed by atoms with Gasteiger partial charge in [-0.05, 0) is 37.3 Å². The van der Waals surface area contributed by atoms with E-state index < -0.39 is 32.9 Å². The minimum absolute atomic E-state index is 0.111. The number of halogens is 1. The van der Waals surface area contributed by atoms with Gasteiger partial charge in [-0.3, -0.25) is 4.79 Å². The summed E-state index contributed by atoms with van der Waals surface area (Å²) in [5.74, 6) is -1.05. The van der Waals surface area contributed by atoms with Crippen LogP contribution >= 0.6 is 11.6 Å². The van der Waals surface area contributed by atoms with Crippen LogP contribution < -0.4 is 15.2 Å². The Bertz CT molecular complexity index is 977. The number of sulfonamides is 1. The van der Waals surface area contributed by atoms with E-state index in [-0.39, 0.29) is 10.6 Å². The van der Waals surface area contributed by atoms with E-state index in [2.05, 4.69) is 5.32 Å². The fraction of sp³-hybridized carbons (Fsp3) is 0.176. The quantitative estimate of drug-likeness (QED) is 0.700. The first-order valence-electron chi connectivity index (χ1n) is 7.60. The molecule has 0 aliphatic heterocycles. The van der Waals surface area contributed by atoms with Gasteiger partial charge in [0.2, 0.25) is 10.0 Å². The van der Waals surface area contributed by atoms with Crippen LogP contribution in [-0.4, -0.2) is 33.5 Å². The predicted octanol–water partition coefficient (Wildman–Crippen LogP) is 2.18. The van der Waals surface area contributed by atoms with Gasteiger partial charge in [0.15, 0.2) is 6.10 Å². The number of carbonyl (C=O) groups is 2. The molecule has 0 saturated heterocycles. The molecule has 10 heteroatoms. The minimum Gasteiger partial charge on any atom is -0.495 e. The van der Waals surface area contributed by atoms with Gasteiger partial charge in [-0.2, -0.15) is 0 Å². The second-order valence-electron chi connectivity index (χ2n) is 5.43. The monoisotopic (exact) mass is 412 g/mol. The van der Waals surface area contributed by atoms with E-state index in [0.717, 1.165) is 6.07 Å². The molecule has 2 aromatic carbocycles. The Kier molecular flexibility index (Phi) is 6.42. The van der Waals surface area contributed by atoms with Gasteiger partial charge >= 0.3 is 5.97 Å². The number of nitrogens with one attached hydrogen (secondary N) is 1. The number of ether oxygens (including phenoxy) is 2. The van der Waals surface area contributed by atoms with Gasteiger partial charge in [-0.25, -0.2) is 18.4 Å². The first-order chi connectivity index (χ1) is 12.6. The van der Waals surface area contributed by atoms with E-state index in [1.54, 1.807) is 24.3 Å². The van der Waals surface area contributed by atoms with Crippen molar-refractivity contribution >= 4 is 39.2 Å². The Labute approximate surface area is 161 Å². The van der Waals surface area contributed by atoms with E-state index in [1.807, 2.05) is 0 Å². The van der Waals surface area contributed by atoms with Crippen molar-refractivity contribution in [3.05, 3.63) is 53.1 Å². The first-order valence-corrected chi connectivity index (χ1v) is 9.53. The zero-order valence-electron chi connectivity index (χ0n) is 14.4. The van der Waals surface area contributed by atoms with Crippen LogP contribution in [0.2, 0.25) is 5.02 Å². The molecule has 1 atom stereocenters. The SMILES string of the molecule is COc1ccccc1NC(=O)C(C)OC(=O)c1ccc(Cl)c(S(N)(=O)=O)c1. The number of nitrogens with two attached hydrogens (primary N) is 1. The molecule has 144 valence electrons. The summed E-state index contributed by atoms with van der Waals surface area (Å²) in [5.41, 5.74) is 0.302. The third-order valence-electron chi connectivity index (χ3n) is 3.49. The average molecular weight is 413 g/mol. The Morgan fingerprint density at radius 2 is 1.85 bits per heavy atom. The van der Waals surface area contributed by atoms with Crippen LogP contribution in [0.4, 0.5) is 5.69 Å². The zero-order chi connectivity index (χ0) is 20.2. The molecular formula is C17H17ClN2O6S. The van der Waals surface area contributed by atoms with Crippen LogP contribution in [0.5, 0.6) is 5.75 Å². The molecule has 8 nitrogen and oxygen atoms in total. The van der Waals surface area contributed by atoms with Gasteiger partial charge < -0.3 is 14.8 Å². The number of esters is 1. The molecule has 0 radical (unpaired) electrons. The van der Waals surface area contributed by atoms with Gasteiger partial charge in [-0.1, -0.05) is 23.7 Å². The highest BCUT2D eigenvalue weighted by Gasteiger charge is 2.22. The Balaban J connectivity index is 2.12. The van der Waals surface area contributed by atoms with Crippen LogP contribution in [0.1, 0.15) is 17.3 Å². The fourth-order valence-corrected chi connectivity index (χ4v) is 3.18. The number of rotatable bonds is 6. The summed E-state index contributed by atoms with van der Waals surface area (Å²) in [4.78, 5) is 24.1. The van der Waals surface area contributed by atoms with Crippen molar-refractivity contribution in [3.8, 4) is 5.75 Å². The molecule has 0 spiro atoms. The smallest absolute Gasteiger partial charge is 0.338 e. The first kappa shape index (κ1) is 20.7. The number of benzene rings is 2. The molecule has 2 rings (SSSR count). The molecule has 0 heterocycles. The maximum atomic E-state index is 12.2. The Morgan fingerprint density at radius 3 is 2.48 bits per heavy atom. The number of hydrogen-bond acceptors (Lipinski definition) is 6. The second-order valence-corrected chi connectivity index (χ2v) is 7.36. The van der Waals surface area contributed by atoms with Gasteiger partial charge in [0.05, 0.1) is 23.4 Å². The lowest BCUT2D eigenvalue weighted by molar-refractivity contribution is -0.123. The maximum Gasteiger partial charge on any atom is 0.338 e. The van der Waals surface area contributed by atoms with Crippen molar-refractivity contribution in [2.45, 2.75) is 17.9 Å². The van der Waals surface area contributed by atoms with Crippen molar-refractivity contribution < 1.29 is 27.5 Å². The number of amides is 1. The number of primary sulfonamides is 1. The summed E-state index contributed by atoms with van der Waals surface area (Å²) in [7, 11) is -2.66. The van der Waals surface area contributed by atoms with Gasteiger partial charge in [0, 0.05) is 0 Å². The third kappa shape index (κ3) is 5.19. The normalized spacial score (nSPS) is 12.1. The van der Waals surface area contributed by atoms with E-state index in [0.29, 0.717) is 11.4 Å². The maximum absolute atomic E-state index is 12.2. The lowest BCUT2D eigenvalue weighted by Crippen LogP contribution is -2.30. The van der Waals surface area contributed by atoms with Crippen LogP contribution in [-0.2, 0) is 19.6 Å².